The number of aryl methyl sites for hydroxylation is 1. The van der Waals surface area contributed by atoms with Crippen LogP contribution in [0.5, 0.6) is 5.75 Å². The fourth-order valence-electron chi connectivity index (χ4n) is 3.75. The number of fused-ring (bicyclic) bond motifs is 1. The Balaban J connectivity index is 0.00000306. The van der Waals surface area contributed by atoms with Gasteiger partial charge in [-0.25, -0.2) is 9.37 Å². The second-order valence-corrected chi connectivity index (χ2v) is 9.03. The summed E-state index contributed by atoms with van der Waals surface area (Å²) in [5.74, 6) is -0.118. The van der Waals surface area contributed by atoms with E-state index in [0.717, 1.165) is 61.1 Å². The molecule has 1 aliphatic rings. The Hall–Kier alpha value is -1.97. The van der Waals surface area contributed by atoms with Gasteiger partial charge < -0.3 is 9.47 Å². The molecule has 0 radical (unpaired) electrons. The van der Waals surface area contributed by atoms with Crippen molar-refractivity contribution in [2.24, 2.45) is 0 Å². The number of halogens is 3. The quantitative estimate of drug-likeness (QED) is 0.434. The van der Waals surface area contributed by atoms with Crippen LogP contribution in [0.4, 0.5) is 9.52 Å². The second kappa shape index (κ2) is 11.4. The molecule has 0 aliphatic carbocycles. The summed E-state index contributed by atoms with van der Waals surface area (Å²) in [4.78, 5) is 22.2. The Kier molecular flexibility index (Phi) is 8.89. The summed E-state index contributed by atoms with van der Waals surface area (Å²) in [7, 11) is 1.60. The highest BCUT2D eigenvalue weighted by Gasteiger charge is 2.25. The third-order valence-electron chi connectivity index (χ3n) is 5.51. The number of carbonyl (C=O) groups excluding carboxylic acids is 1. The van der Waals surface area contributed by atoms with E-state index in [0.29, 0.717) is 17.4 Å². The standard InChI is InChI=1S/C23H25ClFN3O3S.ClH/c1-15-4-7-19(30-2)20-21(15)32-23(26-20)28(9-3-8-27-10-12-31-13-11-27)22(29)17-6-5-16(25)14-18(17)24;/h4-7,14H,3,8-13H2,1-2H3;1H. The van der Waals surface area contributed by atoms with Gasteiger partial charge in [-0.05, 0) is 43.2 Å². The van der Waals surface area contributed by atoms with Crippen molar-refractivity contribution in [2.75, 3.05) is 51.4 Å². The summed E-state index contributed by atoms with van der Waals surface area (Å²) >= 11 is 7.66. The van der Waals surface area contributed by atoms with Crippen molar-refractivity contribution in [3.63, 3.8) is 0 Å². The third kappa shape index (κ3) is 5.75. The first-order valence-electron chi connectivity index (χ1n) is 10.5. The molecule has 0 spiro atoms. The molecule has 1 aromatic heterocycles. The van der Waals surface area contributed by atoms with Crippen LogP contribution in [0, 0.1) is 12.7 Å². The van der Waals surface area contributed by atoms with E-state index in [2.05, 4.69) is 4.90 Å². The number of hydrogen-bond acceptors (Lipinski definition) is 6. The van der Waals surface area contributed by atoms with Crippen LogP contribution >= 0.6 is 35.3 Å². The van der Waals surface area contributed by atoms with Crippen molar-refractivity contribution in [1.29, 1.82) is 0 Å². The average Bonchev–Trinajstić information content (AvgIpc) is 3.23. The zero-order chi connectivity index (χ0) is 22.7. The fourth-order valence-corrected chi connectivity index (χ4v) is 5.07. The van der Waals surface area contributed by atoms with Crippen molar-refractivity contribution in [2.45, 2.75) is 13.3 Å². The van der Waals surface area contributed by atoms with Crippen LogP contribution in [-0.2, 0) is 4.74 Å². The maximum Gasteiger partial charge on any atom is 0.261 e. The van der Waals surface area contributed by atoms with Gasteiger partial charge in [0.2, 0.25) is 0 Å². The van der Waals surface area contributed by atoms with Gasteiger partial charge in [-0.1, -0.05) is 29.0 Å². The van der Waals surface area contributed by atoms with Crippen LogP contribution in [0.3, 0.4) is 0 Å². The minimum Gasteiger partial charge on any atom is -0.494 e. The largest absolute Gasteiger partial charge is 0.494 e. The molecule has 4 rings (SSSR count). The maximum absolute atomic E-state index is 13.6. The average molecular weight is 514 g/mol. The zero-order valence-electron chi connectivity index (χ0n) is 18.5. The van der Waals surface area contributed by atoms with Gasteiger partial charge in [0.05, 0.1) is 35.6 Å². The number of amides is 1. The number of ether oxygens (including phenoxy) is 2. The predicted molar refractivity (Wildman–Crippen MR) is 133 cm³/mol. The van der Waals surface area contributed by atoms with E-state index in [1.807, 2.05) is 19.1 Å². The molecule has 0 saturated carbocycles. The van der Waals surface area contributed by atoms with E-state index >= 15 is 0 Å². The van der Waals surface area contributed by atoms with E-state index in [4.69, 9.17) is 26.1 Å². The molecule has 1 saturated heterocycles. The SMILES string of the molecule is COc1ccc(C)c2sc(N(CCCN3CCOCC3)C(=O)c3ccc(F)cc3Cl)nc12.Cl. The monoisotopic (exact) mass is 513 g/mol. The maximum atomic E-state index is 13.6. The lowest BCUT2D eigenvalue weighted by atomic mass is 10.2. The topological polar surface area (TPSA) is 54.9 Å². The lowest BCUT2D eigenvalue weighted by Crippen LogP contribution is -2.39. The molecule has 2 aromatic carbocycles. The molecule has 6 nitrogen and oxygen atoms in total. The molecule has 0 bridgehead atoms. The number of carbonyl (C=O) groups is 1. The first-order chi connectivity index (χ1) is 15.5. The van der Waals surface area contributed by atoms with Crippen molar-refractivity contribution in [1.82, 2.24) is 9.88 Å². The molecule has 0 atom stereocenters. The number of methoxy groups -OCH3 is 1. The summed E-state index contributed by atoms with van der Waals surface area (Å²) in [5, 5.41) is 0.656. The molecule has 1 amide bonds. The molecule has 1 aliphatic heterocycles. The molecule has 2 heterocycles. The molecule has 3 aromatic rings. The fraction of sp³-hybridized carbons (Fsp3) is 0.391. The van der Waals surface area contributed by atoms with Crippen LogP contribution in [0.1, 0.15) is 22.3 Å². The highest BCUT2D eigenvalue weighted by molar-refractivity contribution is 7.22. The highest BCUT2D eigenvalue weighted by atomic mass is 35.5. The number of rotatable bonds is 7. The lowest BCUT2D eigenvalue weighted by Gasteiger charge is -2.27. The van der Waals surface area contributed by atoms with E-state index in [1.54, 1.807) is 12.0 Å². The van der Waals surface area contributed by atoms with Crippen molar-refractivity contribution < 1.29 is 18.7 Å². The molecule has 0 unspecified atom stereocenters. The summed E-state index contributed by atoms with van der Waals surface area (Å²) in [6, 6.07) is 7.68. The molecule has 1 fully saturated rings. The van der Waals surface area contributed by atoms with Crippen LogP contribution in [0.15, 0.2) is 30.3 Å². The van der Waals surface area contributed by atoms with Gasteiger partial charge in [-0.3, -0.25) is 14.6 Å². The van der Waals surface area contributed by atoms with Gasteiger partial charge in [0.25, 0.3) is 5.91 Å². The smallest absolute Gasteiger partial charge is 0.261 e. The Morgan fingerprint density at radius 3 is 2.76 bits per heavy atom. The number of anilines is 1. The van der Waals surface area contributed by atoms with Crippen molar-refractivity contribution >= 4 is 56.6 Å². The summed E-state index contributed by atoms with van der Waals surface area (Å²) < 4.78 is 25.4. The first-order valence-corrected chi connectivity index (χ1v) is 11.7. The first kappa shape index (κ1) is 25.6. The number of hydrogen-bond donors (Lipinski definition) is 0. The van der Waals surface area contributed by atoms with Gasteiger partial charge in [0.1, 0.15) is 17.1 Å². The summed E-state index contributed by atoms with van der Waals surface area (Å²) in [6.07, 6.45) is 0.761. The minimum atomic E-state index is -0.481. The number of morpholine rings is 1. The zero-order valence-corrected chi connectivity index (χ0v) is 20.9. The Morgan fingerprint density at radius 2 is 2.06 bits per heavy atom. The predicted octanol–water partition coefficient (Wildman–Crippen LogP) is 5.20. The van der Waals surface area contributed by atoms with Gasteiger partial charge in [-0.2, -0.15) is 0 Å². The third-order valence-corrected chi connectivity index (χ3v) is 7.04. The number of benzene rings is 2. The Bertz CT molecular complexity index is 1120. The van der Waals surface area contributed by atoms with E-state index < -0.39 is 5.82 Å². The van der Waals surface area contributed by atoms with Crippen molar-refractivity contribution in [3.05, 3.63) is 52.3 Å². The van der Waals surface area contributed by atoms with Gasteiger partial charge >= 0.3 is 0 Å². The van der Waals surface area contributed by atoms with E-state index in [1.165, 1.54) is 23.5 Å². The summed E-state index contributed by atoms with van der Waals surface area (Å²) in [5.41, 5.74) is 2.04. The van der Waals surface area contributed by atoms with Gasteiger partial charge in [0.15, 0.2) is 5.13 Å². The lowest BCUT2D eigenvalue weighted by molar-refractivity contribution is 0.0376. The second-order valence-electron chi connectivity index (χ2n) is 7.65. The van der Waals surface area contributed by atoms with Gasteiger partial charge in [0, 0.05) is 26.2 Å². The Morgan fingerprint density at radius 1 is 1.30 bits per heavy atom. The summed E-state index contributed by atoms with van der Waals surface area (Å²) in [6.45, 7) is 6.54. The van der Waals surface area contributed by atoms with Crippen LogP contribution in [0.2, 0.25) is 5.02 Å². The van der Waals surface area contributed by atoms with Gasteiger partial charge in [-0.15, -0.1) is 12.4 Å². The molecule has 33 heavy (non-hydrogen) atoms. The van der Waals surface area contributed by atoms with E-state index in [9.17, 15) is 9.18 Å². The van der Waals surface area contributed by atoms with Crippen LogP contribution < -0.4 is 9.64 Å². The molecule has 10 heteroatoms. The molecular weight excluding hydrogens is 488 g/mol. The van der Waals surface area contributed by atoms with E-state index in [-0.39, 0.29) is 28.9 Å². The number of aromatic nitrogens is 1. The highest BCUT2D eigenvalue weighted by Crippen LogP contribution is 2.37. The normalized spacial score (nSPS) is 14.2. The molecule has 178 valence electrons. The minimum absolute atomic E-state index is 0. The molecular formula is C23H26Cl2FN3O3S. The van der Waals surface area contributed by atoms with Crippen LogP contribution in [-0.4, -0.2) is 62.3 Å². The Labute approximate surface area is 207 Å². The molecule has 0 N–H and O–H groups in total. The number of nitrogens with zero attached hydrogens (tertiary/aromatic N) is 3. The van der Waals surface area contributed by atoms with Crippen molar-refractivity contribution in [3.8, 4) is 5.75 Å². The van der Waals surface area contributed by atoms with Crippen LogP contribution in [0.25, 0.3) is 10.2 Å². The number of thiazole rings is 1.